The molecule has 1 heterocycles. The predicted molar refractivity (Wildman–Crippen MR) is 114 cm³/mol. The first-order chi connectivity index (χ1) is 15.8. The van der Waals surface area contributed by atoms with E-state index in [1.54, 1.807) is 19.1 Å². The molecule has 2 aromatic carbocycles. The number of nitrogens with zero attached hydrogens (tertiary/aromatic N) is 1. The average molecular weight is 507 g/mol. The summed E-state index contributed by atoms with van der Waals surface area (Å²) >= 11 is 5.71. The maximum absolute atomic E-state index is 14.1. The summed E-state index contributed by atoms with van der Waals surface area (Å²) in [6.07, 6.45) is -9.75. The van der Waals surface area contributed by atoms with Crippen molar-refractivity contribution in [2.45, 2.75) is 57.1 Å². The summed E-state index contributed by atoms with van der Waals surface area (Å²) in [6, 6.07) is 7.69. The molecule has 0 saturated carbocycles. The van der Waals surface area contributed by atoms with Crippen LogP contribution in [0.25, 0.3) is 0 Å². The topological polar surface area (TPSA) is 50.7 Å². The minimum Gasteiger partial charge on any atom is -0.374 e. The van der Waals surface area contributed by atoms with Crippen molar-refractivity contribution in [2.24, 2.45) is 5.16 Å². The van der Waals surface area contributed by atoms with Crippen molar-refractivity contribution >= 4 is 23.2 Å². The van der Waals surface area contributed by atoms with Gasteiger partial charge in [-0.25, -0.2) is 0 Å². The summed E-state index contributed by atoms with van der Waals surface area (Å²) in [6.45, 7) is 3.64. The number of hydrogen-bond donors (Lipinski definition) is 1. The van der Waals surface area contributed by atoms with Crippen LogP contribution in [-0.2, 0) is 21.4 Å². The van der Waals surface area contributed by atoms with Gasteiger partial charge in [-0.05, 0) is 42.7 Å². The largest absolute Gasteiger partial charge is 0.435 e. The Labute approximate surface area is 196 Å². The molecular weight excluding hydrogens is 486 g/mol. The molecule has 2 atom stereocenters. The fraction of sp³-hybridized carbons (Fsp3) is 0.391. The zero-order valence-corrected chi connectivity index (χ0v) is 18.9. The first kappa shape index (κ1) is 25.9. The molecular formula is C23H21ClF6N2O2. The van der Waals surface area contributed by atoms with Crippen LogP contribution in [0.15, 0.2) is 47.6 Å². The third-order valence-corrected chi connectivity index (χ3v) is 5.69. The Bertz CT molecular complexity index is 1080. The number of benzene rings is 2. The van der Waals surface area contributed by atoms with E-state index < -0.39 is 40.5 Å². The summed E-state index contributed by atoms with van der Waals surface area (Å²) in [7, 11) is 0. The second kappa shape index (κ2) is 9.48. The van der Waals surface area contributed by atoms with Crippen LogP contribution in [0, 0.1) is 0 Å². The molecule has 1 aliphatic heterocycles. The van der Waals surface area contributed by atoms with E-state index in [1.807, 2.05) is 6.92 Å². The highest BCUT2D eigenvalue weighted by Gasteiger charge is 2.62. The van der Waals surface area contributed by atoms with Crippen LogP contribution in [0.1, 0.15) is 61.4 Å². The number of carbonyl (C=O) groups excluding carboxylic acids is 1. The lowest BCUT2D eigenvalue weighted by molar-refractivity contribution is -0.276. The zero-order valence-electron chi connectivity index (χ0n) is 18.1. The van der Waals surface area contributed by atoms with E-state index in [1.165, 1.54) is 12.1 Å². The van der Waals surface area contributed by atoms with Crippen molar-refractivity contribution in [2.75, 3.05) is 0 Å². The van der Waals surface area contributed by atoms with E-state index in [9.17, 15) is 31.1 Å². The highest BCUT2D eigenvalue weighted by molar-refractivity contribution is 6.30. The van der Waals surface area contributed by atoms with Crippen molar-refractivity contribution in [1.82, 2.24) is 5.32 Å². The van der Waals surface area contributed by atoms with Crippen molar-refractivity contribution in [1.29, 1.82) is 0 Å². The second-order valence-electron chi connectivity index (χ2n) is 8.02. The van der Waals surface area contributed by atoms with E-state index in [0.717, 1.165) is 11.6 Å². The first-order valence-corrected chi connectivity index (χ1v) is 10.7. The van der Waals surface area contributed by atoms with Crippen molar-refractivity contribution < 1.29 is 36.0 Å². The average Bonchev–Trinajstić information content (AvgIpc) is 3.20. The Morgan fingerprint density at radius 1 is 1.15 bits per heavy atom. The number of rotatable bonds is 6. The molecule has 11 heteroatoms. The lowest BCUT2D eigenvalue weighted by Gasteiger charge is -2.30. The van der Waals surface area contributed by atoms with E-state index in [2.05, 4.69) is 10.5 Å². The lowest BCUT2D eigenvalue weighted by atomic mass is 9.85. The minimum atomic E-state index is -5.08. The van der Waals surface area contributed by atoms with Crippen molar-refractivity contribution in [3.63, 3.8) is 0 Å². The number of hydrogen-bond acceptors (Lipinski definition) is 3. The Kier molecular flexibility index (Phi) is 7.21. The SMILES string of the molecule is CCCC(=O)NC(C)c1ccc(C2=NO[C@@](c3cc(Cl)cc(C(F)(F)F)c3)(C(F)(F)F)C2)cc1. The molecule has 184 valence electrons. The third kappa shape index (κ3) is 5.32. The van der Waals surface area contributed by atoms with Gasteiger partial charge in [-0.15, -0.1) is 0 Å². The number of halogens is 7. The van der Waals surface area contributed by atoms with Gasteiger partial charge in [0.2, 0.25) is 5.91 Å². The van der Waals surface area contributed by atoms with E-state index >= 15 is 0 Å². The van der Waals surface area contributed by atoms with E-state index in [0.29, 0.717) is 30.5 Å². The van der Waals surface area contributed by atoms with Crippen LogP contribution in [0.5, 0.6) is 0 Å². The van der Waals surface area contributed by atoms with Gasteiger partial charge >= 0.3 is 12.4 Å². The quantitative estimate of drug-likeness (QED) is 0.432. The third-order valence-electron chi connectivity index (χ3n) is 5.48. The Morgan fingerprint density at radius 3 is 2.35 bits per heavy atom. The number of alkyl halides is 6. The van der Waals surface area contributed by atoms with Gasteiger partial charge < -0.3 is 10.2 Å². The Morgan fingerprint density at radius 2 is 1.79 bits per heavy atom. The summed E-state index contributed by atoms with van der Waals surface area (Å²) < 4.78 is 82.0. The molecule has 0 aliphatic carbocycles. The lowest BCUT2D eigenvalue weighted by Crippen LogP contribution is -2.42. The molecule has 0 fully saturated rings. The fourth-order valence-electron chi connectivity index (χ4n) is 3.63. The monoisotopic (exact) mass is 506 g/mol. The molecule has 2 aromatic rings. The number of amides is 1. The Hall–Kier alpha value is -2.75. The first-order valence-electron chi connectivity index (χ1n) is 10.4. The molecule has 0 spiro atoms. The molecule has 34 heavy (non-hydrogen) atoms. The highest BCUT2D eigenvalue weighted by atomic mass is 35.5. The van der Waals surface area contributed by atoms with Gasteiger partial charge in [-0.2, -0.15) is 26.3 Å². The molecule has 0 saturated heterocycles. The molecule has 3 rings (SSSR count). The van der Waals surface area contributed by atoms with Gasteiger partial charge in [0.25, 0.3) is 5.60 Å². The van der Waals surface area contributed by atoms with Gasteiger partial charge in [-0.3, -0.25) is 4.79 Å². The van der Waals surface area contributed by atoms with Gasteiger partial charge in [0.05, 0.1) is 17.3 Å². The molecule has 1 unspecified atom stereocenters. The number of carbonyl (C=O) groups is 1. The van der Waals surface area contributed by atoms with Gasteiger partial charge in [0.15, 0.2) is 0 Å². The maximum Gasteiger partial charge on any atom is 0.435 e. The van der Waals surface area contributed by atoms with Crippen LogP contribution in [0.4, 0.5) is 26.3 Å². The van der Waals surface area contributed by atoms with Crippen molar-refractivity contribution in [3.8, 4) is 0 Å². The maximum atomic E-state index is 14.1. The predicted octanol–water partition coefficient (Wildman–Crippen LogP) is 6.92. The highest BCUT2D eigenvalue weighted by Crippen LogP contribution is 2.50. The zero-order chi connectivity index (χ0) is 25.3. The minimum absolute atomic E-state index is 0.0833. The van der Waals surface area contributed by atoms with Crippen molar-refractivity contribution in [3.05, 3.63) is 69.7 Å². The van der Waals surface area contributed by atoms with Crippen LogP contribution in [0.2, 0.25) is 5.02 Å². The van der Waals surface area contributed by atoms with Crippen LogP contribution >= 0.6 is 11.6 Å². The standard InChI is InChI=1S/C23H21ClF6N2O2/c1-3-4-20(33)31-13(2)14-5-7-15(8-6-14)19-12-21(34-32-19,23(28,29)30)16-9-17(22(25,26)27)11-18(24)10-16/h5-11,13H,3-4,12H2,1-2H3,(H,31,33)/t13?,21-/m0/s1. The smallest absolute Gasteiger partial charge is 0.374 e. The van der Waals surface area contributed by atoms with Crippen LogP contribution in [0.3, 0.4) is 0 Å². The molecule has 1 N–H and O–H groups in total. The summed E-state index contributed by atoms with van der Waals surface area (Å²) in [4.78, 5) is 16.6. The molecule has 1 aliphatic rings. The van der Waals surface area contributed by atoms with Gasteiger partial charge in [0, 0.05) is 23.4 Å². The van der Waals surface area contributed by atoms with Crippen LogP contribution < -0.4 is 5.32 Å². The molecule has 0 radical (unpaired) electrons. The summed E-state index contributed by atoms with van der Waals surface area (Å²) in [5.74, 6) is -0.123. The van der Waals surface area contributed by atoms with Crippen LogP contribution in [-0.4, -0.2) is 17.8 Å². The molecule has 1 amide bonds. The second-order valence-corrected chi connectivity index (χ2v) is 8.45. The molecule has 0 aromatic heterocycles. The summed E-state index contributed by atoms with van der Waals surface area (Å²) in [5.41, 5.74) is -4.28. The van der Waals surface area contributed by atoms with E-state index in [-0.39, 0.29) is 17.7 Å². The summed E-state index contributed by atoms with van der Waals surface area (Å²) in [5, 5.41) is 5.88. The number of oxime groups is 1. The van der Waals surface area contributed by atoms with Gasteiger partial charge in [-0.1, -0.05) is 47.9 Å². The normalized spacial score (nSPS) is 19.4. The number of nitrogens with one attached hydrogen (secondary N) is 1. The molecule has 0 bridgehead atoms. The fourth-order valence-corrected chi connectivity index (χ4v) is 3.87. The molecule has 4 nitrogen and oxygen atoms in total. The Balaban J connectivity index is 1.88. The van der Waals surface area contributed by atoms with E-state index in [4.69, 9.17) is 16.4 Å². The van der Waals surface area contributed by atoms with Gasteiger partial charge in [0.1, 0.15) is 0 Å².